The van der Waals surface area contributed by atoms with E-state index in [9.17, 15) is 14.0 Å². The van der Waals surface area contributed by atoms with Crippen LogP contribution in [-0.4, -0.2) is 33.0 Å². The highest BCUT2D eigenvalue weighted by Gasteiger charge is 2.25. The van der Waals surface area contributed by atoms with Crippen LogP contribution in [0.2, 0.25) is 0 Å². The minimum atomic E-state index is -0.921. The van der Waals surface area contributed by atoms with Crippen LogP contribution >= 0.6 is 0 Å². The lowest BCUT2D eigenvalue weighted by Gasteiger charge is -2.21. The minimum Gasteiger partial charge on any atom is -0.480 e. The molecule has 1 aliphatic rings. The van der Waals surface area contributed by atoms with Crippen LogP contribution in [0.5, 0.6) is 0 Å². The Morgan fingerprint density at radius 1 is 1.19 bits per heavy atom. The van der Waals surface area contributed by atoms with Crippen LogP contribution in [-0.2, 0) is 24.3 Å². The largest absolute Gasteiger partial charge is 0.480 e. The number of hydrogen-bond acceptors (Lipinski definition) is 2. The lowest BCUT2D eigenvalue weighted by atomic mass is 10.1. The van der Waals surface area contributed by atoms with E-state index >= 15 is 0 Å². The molecule has 1 aromatic heterocycles. The molecule has 0 radical (unpaired) electrons. The highest BCUT2D eigenvalue weighted by Crippen LogP contribution is 2.30. The van der Waals surface area contributed by atoms with Gasteiger partial charge in [0.1, 0.15) is 12.4 Å². The molecule has 2 aromatic carbocycles. The summed E-state index contributed by atoms with van der Waals surface area (Å²) in [5, 5.41) is 9.92. The number of carbonyl (C=O) groups excluding carboxylic acids is 1. The van der Waals surface area contributed by atoms with Gasteiger partial charge in [0, 0.05) is 35.8 Å². The van der Waals surface area contributed by atoms with Crippen molar-refractivity contribution in [3.05, 3.63) is 71.2 Å². The number of halogens is 1. The van der Waals surface area contributed by atoms with Gasteiger partial charge in [0.2, 0.25) is 0 Å². The van der Waals surface area contributed by atoms with Gasteiger partial charge in [-0.05, 0) is 41.8 Å². The molecule has 0 atom stereocenters. The summed E-state index contributed by atoms with van der Waals surface area (Å²) in [5.74, 6) is -1.36. The van der Waals surface area contributed by atoms with E-state index in [0.29, 0.717) is 25.1 Å². The van der Waals surface area contributed by atoms with Gasteiger partial charge in [0.15, 0.2) is 0 Å². The van der Waals surface area contributed by atoms with Crippen molar-refractivity contribution in [1.29, 1.82) is 0 Å². The summed E-state index contributed by atoms with van der Waals surface area (Å²) in [6.07, 6.45) is 2.45. The number of carboxylic acid groups (broad SMARTS) is 1. The van der Waals surface area contributed by atoms with Gasteiger partial charge < -0.3 is 14.6 Å². The van der Waals surface area contributed by atoms with Crippen LogP contribution in [0.4, 0.5) is 4.39 Å². The Hall–Kier alpha value is -3.15. The van der Waals surface area contributed by atoms with Gasteiger partial charge >= 0.3 is 5.97 Å². The van der Waals surface area contributed by atoms with Crippen LogP contribution in [0.1, 0.15) is 21.5 Å². The van der Waals surface area contributed by atoms with E-state index in [-0.39, 0.29) is 18.3 Å². The average Bonchev–Trinajstić information content (AvgIpc) is 2.89. The van der Waals surface area contributed by atoms with E-state index in [0.717, 1.165) is 22.0 Å². The van der Waals surface area contributed by atoms with Gasteiger partial charge in [-0.25, -0.2) is 4.39 Å². The van der Waals surface area contributed by atoms with Crippen LogP contribution in [0, 0.1) is 5.82 Å². The van der Waals surface area contributed by atoms with Crippen LogP contribution < -0.4 is 0 Å². The smallest absolute Gasteiger partial charge is 0.323 e. The second-order valence-electron chi connectivity index (χ2n) is 6.48. The van der Waals surface area contributed by atoms with E-state index in [2.05, 4.69) is 0 Å². The van der Waals surface area contributed by atoms with E-state index in [1.165, 1.54) is 12.1 Å². The summed E-state index contributed by atoms with van der Waals surface area (Å²) in [5.41, 5.74) is 3.02. The topological polar surface area (TPSA) is 62.5 Å². The van der Waals surface area contributed by atoms with Crippen molar-refractivity contribution in [3.63, 3.8) is 0 Å². The first-order valence-electron chi connectivity index (χ1n) is 8.39. The van der Waals surface area contributed by atoms with Crippen molar-refractivity contribution in [2.24, 2.45) is 0 Å². The molecule has 3 aromatic rings. The maximum atomic E-state index is 13.4. The molecule has 0 unspecified atom stereocenters. The van der Waals surface area contributed by atoms with Gasteiger partial charge in [-0.2, -0.15) is 0 Å². The summed E-state index contributed by atoms with van der Waals surface area (Å²) >= 11 is 0. The second kappa shape index (κ2) is 6.29. The lowest BCUT2D eigenvalue weighted by Crippen LogP contribution is -2.31. The third-order valence-electron chi connectivity index (χ3n) is 4.72. The fraction of sp³-hybridized carbons (Fsp3) is 0.200. The van der Waals surface area contributed by atoms with E-state index in [4.69, 9.17) is 5.11 Å². The molecule has 26 heavy (non-hydrogen) atoms. The SMILES string of the molecule is O=C(O)Cn1cc2c3c(cccc31)C(=O)N(Cc1cccc(F)c1)CC2. The van der Waals surface area contributed by atoms with Gasteiger partial charge in [0.05, 0.1) is 0 Å². The Bertz CT molecular complexity index is 1030. The molecule has 4 rings (SSSR count). The van der Waals surface area contributed by atoms with Gasteiger partial charge in [-0.3, -0.25) is 9.59 Å². The van der Waals surface area contributed by atoms with Crippen molar-refractivity contribution in [2.75, 3.05) is 6.54 Å². The Morgan fingerprint density at radius 3 is 2.77 bits per heavy atom. The summed E-state index contributed by atoms with van der Waals surface area (Å²) < 4.78 is 15.1. The average molecular weight is 352 g/mol. The molecule has 1 aliphatic heterocycles. The third kappa shape index (κ3) is 2.83. The molecule has 2 heterocycles. The van der Waals surface area contributed by atoms with Gasteiger partial charge in [0.25, 0.3) is 5.91 Å². The Morgan fingerprint density at radius 2 is 2.00 bits per heavy atom. The molecule has 0 spiro atoms. The first-order valence-corrected chi connectivity index (χ1v) is 8.39. The quantitative estimate of drug-likeness (QED) is 0.785. The molecule has 1 N–H and O–H groups in total. The maximum absolute atomic E-state index is 13.4. The predicted molar refractivity (Wildman–Crippen MR) is 94.4 cm³/mol. The molecular weight excluding hydrogens is 335 g/mol. The molecule has 5 nitrogen and oxygen atoms in total. The number of carboxylic acids is 1. The van der Waals surface area contributed by atoms with Crippen molar-refractivity contribution in [1.82, 2.24) is 9.47 Å². The first-order chi connectivity index (χ1) is 12.5. The number of amides is 1. The number of nitrogens with zero attached hydrogens (tertiary/aromatic N) is 2. The molecule has 0 fully saturated rings. The lowest BCUT2D eigenvalue weighted by molar-refractivity contribution is -0.137. The Kier molecular flexibility index (Phi) is 3.95. The number of carbonyl (C=O) groups is 2. The molecule has 132 valence electrons. The summed E-state index contributed by atoms with van der Waals surface area (Å²) in [6.45, 7) is 0.698. The van der Waals surface area contributed by atoms with E-state index in [1.807, 2.05) is 12.3 Å². The van der Waals surface area contributed by atoms with Crippen molar-refractivity contribution >= 4 is 22.8 Å². The molecule has 0 saturated heterocycles. The molecule has 6 heteroatoms. The second-order valence-corrected chi connectivity index (χ2v) is 6.48. The standard InChI is InChI=1S/C20H17FN2O3/c21-15-4-1-3-13(9-15)10-22-8-7-14-11-23(12-18(24)25)17-6-2-5-16(19(14)17)20(22)26/h1-6,9,11H,7-8,10,12H2,(H,24,25). The number of rotatable bonds is 4. The zero-order chi connectivity index (χ0) is 18.3. The normalized spacial score (nSPS) is 13.9. The molecule has 1 amide bonds. The summed E-state index contributed by atoms with van der Waals surface area (Å²) in [4.78, 5) is 25.9. The minimum absolute atomic E-state index is 0.119. The van der Waals surface area contributed by atoms with Crippen LogP contribution in [0.3, 0.4) is 0 Å². The van der Waals surface area contributed by atoms with Crippen LogP contribution in [0.25, 0.3) is 10.9 Å². The molecule has 0 bridgehead atoms. The predicted octanol–water partition coefficient (Wildman–Crippen LogP) is 3.06. The summed E-state index contributed by atoms with van der Waals surface area (Å²) in [7, 11) is 0. The number of aromatic nitrogens is 1. The maximum Gasteiger partial charge on any atom is 0.323 e. The molecule has 0 aliphatic carbocycles. The van der Waals surface area contributed by atoms with Crippen molar-refractivity contribution < 1.29 is 19.1 Å². The number of aliphatic carboxylic acids is 1. The third-order valence-corrected chi connectivity index (χ3v) is 4.72. The Labute approximate surface area is 149 Å². The zero-order valence-electron chi connectivity index (χ0n) is 14.0. The molecule has 0 saturated carbocycles. The van der Waals surface area contributed by atoms with Crippen molar-refractivity contribution in [2.45, 2.75) is 19.5 Å². The number of benzene rings is 2. The Balaban J connectivity index is 1.73. The fourth-order valence-corrected chi connectivity index (χ4v) is 3.62. The molecular formula is C20H17FN2O3. The van der Waals surface area contributed by atoms with E-state index in [1.54, 1.807) is 33.7 Å². The highest BCUT2D eigenvalue weighted by atomic mass is 19.1. The highest BCUT2D eigenvalue weighted by molar-refractivity contribution is 6.08. The zero-order valence-corrected chi connectivity index (χ0v) is 14.0. The fourth-order valence-electron chi connectivity index (χ4n) is 3.62. The van der Waals surface area contributed by atoms with E-state index < -0.39 is 5.97 Å². The van der Waals surface area contributed by atoms with Gasteiger partial charge in [-0.1, -0.05) is 18.2 Å². The monoisotopic (exact) mass is 352 g/mol. The first kappa shape index (κ1) is 16.3. The van der Waals surface area contributed by atoms with Gasteiger partial charge in [-0.15, -0.1) is 0 Å². The van der Waals surface area contributed by atoms with Crippen molar-refractivity contribution in [3.8, 4) is 0 Å². The summed E-state index contributed by atoms with van der Waals surface area (Å²) in [6, 6.07) is 11.6. The number of hydrogen-bond donors (Lipinski definition) is 1. The van der Waals surface area contributed by atoms with Crippen LogP contribution in [0.15, 0.2) is 48.7 Å².